The molecule has 0 saturated carbocycles. The smallest absolute Gasteiger partial charge is 0.338 e. The molecule has 1 aromatic heterocycles. The van der Waals surface area contributed by atoms with Crippen molar-refractivity contribution in [3.8, 4) is 5.75 Å². The lowest BCUT2D eigenvalue weighted by molar-refractivity contribution is -0.139. The molecule has 0 unspecified atom stereocenters. The Morgan fingerprint density at radius 2 is 1.85 bits per heavy atom. The fourth-order valence-corrected chi connectivity index (χ4v) is 5.13. The van der Waals surface area contributed by atoms with E-state index < -0.39 is 12.0 Å². The van der Waals surface area contributed by atoms with Crippen molar-refractivity contribution in [1.29, 1.82) is 0 Å². The summed E-state index contributed by atoms with van der Waals surface area (Å²) in [5, 5.41) is 0.835. The summed E-state index contributed by atoms with van der Waals surface area (Å²) in [4.78, 5) is 31.6. The topological polar surface area (TPSA) is 69.9 Å². The van der Waals surface area contributed by atoms with Gasteiger partial charge in [-0.1, -0.05) is 52.7 Å². The Hall–Kier alpha value is -2.87. The number of rotatable bonds is 6. The van der Waals surface area contributed by atoms with E-state index in [4.69, 9.17) is 32.7 Å². The zero-order valence-electron chi connectivity index (χ0n) is 18.8. The number of carbonyl (C=O) groups is 1. The van der Waals surface area contributed by atoms with Crippen LogP contribution < -0.4 is 19.6 Å². The Morgan fingerprint density at radius 1 is 1.12 bits per heavy atom. The highest BCUT2D eigenvalue weighted by Gasteiger charge is 2.33. The van der Waals surface area contributed by atoms with Gasteiger partial charge in [0.1, 0.15) is 5.75 Å². The minimum Gasteiger partial charge on any atom is -0.494 e. The SMILES string of the molecule is CCOC(=O)C1=C(C)N=c2s/c(=C\c3ccc(Cl)c(Cl)c3)c(=O)n2[C@@H]1c1ccc(OCC)cc1. The Bertz CT molecular complexity index is 1460. The molecule has 176 valence electrons. The molecule has 6 nitrogen and oxygen atoms in total. The van der Waals surface area contributed by atoms with Crippen LogP contribution in [0.25, 0.3) is 6.08 Å². The minimum atomic E-state index is -0.679. The Kier molecular flexibility index (Phi) is 7.26. The predicted molar refractivity (Wildman–Crippen MR) is 134 cm³/mol. The molecule has 1 atom stereocenters. The third kappa shape index (κ3) is 4.69. The molecule has 2 aromatic carbocycles. The van der Waals surface area contributed by atoms with Crippen LogP contribution in [0.2, 0.25) is 10.0 Å². The lowest BCUT2D eigenvalue weighted by Gasteiger charge is -2.24. The second-order valence-corrected chi connectivity index (χ2v) is 9.30. The highest BCUT2D eigenvalue weighted by Crippen LogP contribution is 2.31. The molecule has 1 aliphatic rings. The van der Waals surface area contributed by atoms with Crippen LogP contribution in [0.15, 0.2) is 63.5 Å². The molecule has 3 aromatic rings. The van der Waals surface area contributed by atoms with Crippen LogP contribution in [0.3, 0.4) is 0 Å². The van der Waals surface area contributed by atoms with Crippen molar-refractivity contribution >= 4 is 46.6 Å². The highest BCUT2D eigenvalue weighted by atomic mass is 35.5. The standard InChI is InChI=1S/C25H22Cl2N2O4S/c1-4-32-17-9-7-16(8-10-17)22-21(24(31)33-5-2)14(3)28-25-29(22)23(30)20(34-25)13-15-6-11-18(26)19(27)12-15/h6-13,22H,4-5H2,1-3H3/b20-13-/t22-/m1/s1. The highest BCUT2D eigenvalue weighted by molar-refractivity contribution is 7.07. The largest absolute Gasteiger partial charge is 0.494 e. The maximum Gasteiger partial charge on any atom is 0.338 e. The number of ether oxygens (including phenoxy) is 2. The van der Waals surface area contributed by atoms with Crippen LogP contribution in [0.4, 0.5) is 0 Å². The van der Waals surface area contributed by atoms with E-state index in [0.29, 0.717) is 43.0 Å². The number of carbonyl (C=O) groups excluding carboxylic acids is 1. The second-order valence-electron chi connectivity index (χ2n) is 7.48. The van der Waals surface area contributed by atoms with Gasteiger partial charge >= 0.3 is 5.97 Å². The van der Waals surface area contributed by atoms with Gasteiger partial charge in [0.05, 0.1) is 45.1 Å². The van der Waals surface area contributed by atoms with E-state index in [1.54, 1.807) is 42.7 Å². The monoisotopic (exact) mass is 516 g/mol. The lowest BCUT2D eigenvalue weighted by Crippen LogP contribution is -2.39. The molecule has 34 heavy (non-hydrogen) atoms. The van der Waals surface area contributed by atoms with Crippen molar-refractivity contribution in [2.45, 2.75) is 26.8 Å². The van der Waals surface area contributed by atoms with Gasteiger partial charge in [-0.25, -0.2) is 9.79 Å². The summed E-state index contributed by atoms with van der Waals surface area (Å²) < 4.78 is 12.9. The Labute approximate surface area is 210 Å². The zero-order valence-corrected chi connectivity index (χ0v) is 21.1. The molecule has 0 radical (unpaired) electrons. The molecule has 2 heterocycles. The van der Waals surface area contributed by atoms with Crippen molar-refractivity contribution < 1.29 is 14.3 Å². The van der Waals surface area contributed by atoms with Crippen molar-refractivity contribution in [3.05, 3.63) is 94.6 Å². The quantitative estimate of drug-likeness (QED) is 0.452. The van der Waals surface area contributed by atoms with Gasteiger partial charge in [0.15, 0.2) is 4.80 Å². The molecule has 4 rings (SSSR count). The number of thiazole rings is 1. The fraction of sp³-hybridized carbons (Fsp3) is 0.240. The molecule has 0 N–H and O–H groups in total. The van der Waals surface area contributed by atoms with Crippen molar-refractivity contribution in [1.82, 2.24) is 4.57 Å². The van der Waals surface area contributed by atoms with Crippen LogP contribution in [-0.4, -0.2) is 23.8 Å². The van der Waals surface area contributed by atoms with E-state index in [1.165, 1.54) is 11.3 Å². The molecule has 1 aliphatic heterocycles. The molecule has 0 spiro atoms. The van der Waals surface area contributed by atoms with Gasteiger partial charge in [0.2, 0.25) is 0 Å². The van der Waals surface area contributed by atoms with E-state index in [9.17, 15) is 9.59 Å². The van der Waals surface area contributed by atoms with Gasteiger partial charge in [-0.15, -0.1) is 0 Å². The van der Waals surface area contributed by atoms with Gasteiger partial charge in [-0.3, -0.25) is 9.36 Å². The molecular weight excluding hydrogens is 495 g/mol. The average Bonchev–Trinajstić information content (AvgIpc) is 3.10. The summed E-state index contributed by atoms with van der Waals surface area (Å²) in [5.74, 6) is 0.207. The van der Waals surface area contributed by atoms with E-state index >= 15 is 0 Å². The number of benzene rings is 2. The molecule has 0 bridgehead atoms. The maximum atomic E-state index is 13.6. The predicted octanol–water partition coefficient (Wildman–Crippen LogP) is 4.50. The summed E-state index contributed by atoms with van der Waals surface area (Å²) >= 11 is 13.4. The lowest BCUT2D eigenvalue weighted by atomic mass is 9.96. The summed E-state index contributed by atoms with van der Waals surface area (Å²) in [5.41, 5.74) is 2.07. The van der Waals surface area contributed by atoms with Crippen LogP contribution in [0.5, 0.6) is 5.75 Å². The third-order valence-electron chi connectivity index (χ3n) is 5.27. The van der Waals surface area contributed by atoms with Gasteiger partial charge in [-0.2, -0.15) is 0 Å². The molecule has 9 heteroatoms. The average molecular weight is 517 g/mol. The number of hydrogen-bond acceptors (Lipinski definition) is 6. The molecule has 0 aliphatic carbocycles. The first-order chi connectivity index (χ1) is 16.3. The summed E-state index contributed by atoms with van der Waals surface area (Å²) in [6.07, 6.45) is 1.74. The van der Waals surface area contributed by atoms with E-state index in [-0.39, 0.29) is 12.2 Å². The molecule has 0 saturated heterocycles. The number of esters is 1. The first kappa shape index (κ1) is 24.3. The van der Waals surface area contributed by atoms with Crippen molar-refractivity contribution in [2.24, 2.45) is 4.99 Å². The number of aromatic nitrogens is 1. The summed E-state index contributed by atoms with van der Waals surface area (Å²) in [7, 11) is 0. The first-order valence-electron chi connectivity index (χ1n) is 10.7. The maximum absolute atomic E-state index is 13.6. The van der Waals surface area contributed by atoms with E-state index in [0.717, 1.165) is 11.1 Å². The Balaban J connectivity index is 1.91. The number of halogens is 2. The fourth-order valence-electron chi connectivity index (χ4n) is 3.77. The molecule has 0 fully saturated rings. The van der Waals surface area contributed by atoms with Gasteiger partial charge < -0.3 is 9.47 Å². The van der Waals surface area contributed by atoms with Crippen LogP contribution >= 0.6 is 34.5 Å². The van der Waals surface area contributed by atoms with Crippen LogP contribution in [0, 0.1) is 0 Å². The van der Waals surface area contributed by atoms with Crippen LogP contribution in [-0.2, 0) is 9.53 Å². The Morgan fingerprint density at radius 3 is 2.50 bits per heavy atom. The van der Waals surface area contributed by atoms with Crippen molar-refractivity contribution in [3.63, 3.8) is 0 Å². The first-order valence-corrected chi connectivity index (χ1v) is 12.3. The number of allylic oxidation sites excluding steroid dienone is 1. The third-order valence-corrected chi connectivity index (χ3v) is 6.99. The molecular formula is C25H22Cl2N2O4S. The van der Waals surface area contributed by atoms with Gasteiger partial charge in [0.25, 0.3) is 5.56 Å². The number of hydrogen-bond donors (Lipinski definition) is 0. The minimum absolute atomic E-state index is 0.216. The normalized spacial score (nSPS) is 15.7. The van der Waals surface area contributed by atoms with Crippen molar-refractivity contribution in [2.75, 3.05) is 13.2 Å². The zero-order chi connectivity index (χ0) is 24.4. The second kappa shape index (κ2) is 10.2. The number of nitrogens with zero attached hydrogens (tertiary/aromatic N) is 2. The van der Waals surface area contributed by atoms with Crippen LogP contribution in [0.1, 0.15) is 37.9 Å². The van der Waals surface area contributed by atoms with Gasteiger partial charge in [0, 0.05) is 0 Å². The number of fused-ring (bicyclic) bond motifs is 1. The summed E-state index contributed by atoms with van der Waals surface area (Å²) in [6.45, 7) is 6.16. The van der Waals surface area contributed by atoms with E-state index in [1.807, 2.05) is 31.2 Å². The molecule has 0 amide bonds. The van der Waals surface area contributed by atoms with Gasteiger partial charge in [-0.05, 0) is 62.2 Å². The van der Waals surface area contributed by atoms with E-state index in [2.05, 4.69) is 4.99 Å². The summed E-state index contributed by atoms with van der Waals surface area (Å²) in [6, 6.07) is 11.8.